The number of ether oxygens (including phenoxy) is 1. The fourth-order valence-electron chi connectivity index (χ4n) is 3.65. The van der Waals surface area contributed by atoms with Gasteiger partial charge < -0.3 is 9.30 Å². The molecular weight excluding hydrogens is 314 g/mol. The minimum Gasteiger partial charge on any atom is -0.381 e. The molecule has 2 aromatic rings. The fraction of sp³-hybridized carbons (Fsp3) is 0.684. The highest BCUT2D eigenvalue weighted by Gasteiger charge is 2.27. The van der Waals surface area contributed by atoms with E-state index in [-0.39, 0.29) is 0 Å². The lowest BCUT2D eigenvalue weighted by atomic mass is 10.1. The van der Waals surface area contributed by atoms with Gasteiger partial charge in [-0.1, -0.05) is 0 Å². The van der Waals surface area contributed by atoms with Crippen LogP contribution in [0.15, 0.2) is 12.4 Å². The molecule has 1 fully saturated rings. The van der Waals surface area contributed by atoms with Gasteiger partial charge in [0.05, 0.1) is 18.8 Å². The van der Waals surface area contributed by atoms with Gasteiger partial charge in [0, 0.05) is 62.9 Å². The first-order valence-electron chi connectivity index (χ1n) is 9.47. The van der Waals surface area contributed by atoms with Gasteiger partial charge in [0.2, 0.25) is 0 Å². The van der Waals surface area contributed by atoms with Gasteiger partial charge in [-0.3, -0.25) is 9.58 Å². The molecular formula is C19H29N5O. The van der Waals surface area contributed by atoms with Crippen LogP contribution < -0.4 is 0 Å². The lowest BCUT2D eigenvalue weighted by molar-refractivity contribution is 0.124. The zero-order chi connectivity index (χ0) is 17.4. The number of rotatable bonds is 7. The number of fused-ring (bicyclic) bond motifs is 1. The first-order valence-corrected chi connectivity index (χ1v) is 9.47. The van der Waals surface area contributed by atoms with Crippen LogP contribution in [0.2, 0.25) is 0 Å². The van der Waals surface area contributed by atoms with E-state index in [0.717, 1.165) is 45.2 Å². The highest BCUT2D eigenvalue weighted by atomic mass is 16.5. The number of aryl methyl sites for hydroxylation is 1. The molecule has 0 aromatic carbocycles. The van der Waals surface area contributed by atoms with Crippen LogP contribution in [0.4, 0.5) is 0 Å². The minimum absolute atomic E-state index is 0.328. The van der Waals surface area contributed by atoms with Gasteiger partial charge in [-0.05, 0) is 32.6 Å². The zero-order valence-electron chi connectivity index (χ0n) is 15.6. The second kappa shape index (κ2) is 6.92. The van der Waals surface area contributed by atoms with E-state index in [0.29, 0.717) is 6.04 Å². The lowest BCUT2D eigenvalue weighted by Crippen LogP contribution is -2.37. The van der Waals surface area contributed by atoms with Crippen molar-refractivity contribution in [3.63, 3.8) is 0 Å². The van der Waals surface area contributed by atoms with E-state index in [1.165, 1.54) is 35.6 Å². The Balaban J connectivity index is 1.38. The third-order valence-corrected chi connectivity index (χ3v) is 5.76. The van der Waals surface area contributed by atoms with Crippen molar-refractivity contribution in [3.8, 4) is 0 Å². The Kier molecular flexibility index (Phi) is 4.65. The molecule has 1 aliphatic carbocycles. The highest BCUT2D eigenvalue weighted by Crippen LogP contribution is 2.29. The second-order valence-electron chi connectivity index (χ2n) is 7.55. The summed E-state index contributed by atoms with van der Waals surface area (Å²) in [5.41, 5.74) is 3.87. The third-order valence-electron chi connectivity index (χ3n) is 5.76. The minimum atomic E-state index is 0.328. The van der Waals surface area contributed by atoms with Crippen LogP contribution in [0.1, 0.15) is 48.6 Å². The molecule has 0 radical (unpaired) electrons. The van der Waals surface area contributed by atoms with Crippen molar-refractivity contribution in [1.29, 1.82) is 0 Å². The molecule has 1 atom stereocenters. The average molecular weight is 343 g/mol. The van der Waals surface area contributed by atoms with Crippen LogP contribution in [0.3, 0.4) is 0 Å². The summed E-state index contributed by atoms with van der Waals surface area (Å²) in [6.45, 7) is 9.15. The summed E-state index contributed by atoms with van der Waals surface area (Å²) in [4.78, 5) is 7.23. The molecule has 0 N–H and O–H groups in total. The number of nitrogens with zero attached hydrogens (tertiary/aromatic N) is 5. The molecule has 0 amide bonds. The van der Waals surface area contributed by atoms with Crippen molar-refractivity contribution in [1.82, 2.24) is 24.2 Å². The predicted octanol–water partition coefficient (Wildman–Crippen LogP) is 2.47. The van der Waals surface area contributed by atoms with Gasteiger partial charge in [0.25, 0.3) is 0 Å². The monoisotopic (exact) mass is 343 g/mol. The Morgan fingerprint density at radius 1 is 1.24 bits per heavy atom. The molecule has 1 aliphatic heterocycles. The molecule has 2 aromatic heterocycles. The quantitative estimate of drug-likeness (QED) is 0.725. The van der Waals surface area contributed by atoms with E-state index in [2.05, 4.69) is 28.4 Å². The van der Waals surface area contributed by atoms with Gasteiger partial charge in [-0.15, -0.1) is 0 Å². The van der Waals surface area contributed by atoms with Crippen LogP contribution in [0, 0.1) is 12.8 Å². The summed E-state index contributed by atoms with van der Waals surface area (Å²) in [6, 6.07) is 0.328. The summed E-state index contributed by atoms with van der Waals surface area (Å²) < 4.78 is 10.2. The fourth-order valence-corrected chi connectivity index (χ4v) is 3.65. The van der Waals surface area contributed by atoms with Gasteiger partial charge in [-0.2, -0.15) is 5.10 Å². The number of hydrogen-bond acceptors (Lipinski definition) is 4. The molecule has 6 nitrogen and oxygen atoms in total. The normalized spacial score (nSPS) is 20.8. The standard InChI is InChI=1S/C19H29N5O/c1-14-17(10-21-22(14)3)12-23-7-8-24-18(11-20-19(24)15(23)2)6-9-25-13-16-4-5-16/h10-11,15-16H,4-9,12-13H2,1-3H3/t15-/m0/s1. The molecule has 3 heterocycles. The Bertz CT molecular complexity index is 730. The first-order chi connectivity index (χ1) is 12.1. The smallest absolute Gasteiger partial charge is 0.126 e. The van der Waals surface area contributed by atoms with Crippen LogP contribution in [-0.2, 0) is 31.3 Å². The molecule has 0 spiro atoms. The van der Waals surface area contributed by atoms with Crippen molar-refractivity contribution in [2.75, 3.05) is 19.8 Å². The van der Waals surface area contributed by atoms with E-state index in [4.69, 9.17) is 9.72 Å². The maximum atomic E-state index is 5.80. The second-order valence-corrected chi connectivity index (χ2v) is 7.55. The van der Waals surface area contributed by atoms with E-state index < -0.39 is 0 Å². The van der Waals surface area contributed by atoms with Crippen molar-refractivity contribution < 1.29 is 4.74 Å². The Morgan fingerprint density at radius 2 is 2.08 bits per heavy atom. The van der Waals surface area contributed by atoms with Crippen molar-refractivity contribution in [2.45, 2.75) is 52.2 Å². The van der Waals surface area contributed by atoms with E-state index in [1.54, 1.807) is 0 Å². The molecule has 4 rings (SSSR count). The lowest BCUT2D eigenvalue weighted by Gasteiger charge is -2.34. The van der Waals surface area contributed by atoms with Gasteiger partial charge in [0.1, 0.15) is 5.82 Å². The molecule has 6 heteroatoms. The van der Waals surface area contributed by atoms with Crippen LogP contribution in [0.25, 0.3) is 0 Å². The van der Waals surface area contributed by atoms with E-state index in [9.17, 15) is 0 Å². The summed E-state index contributed by atoms with van der Waals surface area (Å²) >= 11 is 0. The number of hydrogen-bond donors (Lipinski definition) is 0. The van der Waals surface area contributed by atoms with Crippen molar-refractivity contribution in [2.24, 2.45) is 13.0 Å². The Labute approximate surface area is 149 Å². The maximum Gasteiger partial charge on any atom is 0.126 e. The molecule has 0 unspecified atom stereocenters. The van der Waals surface area contributed by atoms with Crippen molar-refractivity contribution >= 4 is 0 Å². The average Bonchev–Trinajstić information content (AvgIpc) is 3.27. The first kappa shape index (κ1) is 16.8. The summed E-state index contributed by atoms with van der Waals surface area (Å²) in [5, 5.41) is 4.37. The molecule has 136 valence electrons. The van der Waals surface area contributed by atoms with Gasteiger partial charge in [-0.25, -0.2) is 4.98 Å². The zero-order valence-corrected chi connectivity index (χ0v) is 15.6. The molecule has 2 aliphatic rings. The number of imidazole rings is 1. The highest BCUT2D eigenvalue weighted by molar-refractivity contribution is 5.17. The molecule has 1 saturated carbocycles. The third kappa shape index (κ3) is 3.51. The maximum absolute atomic E-state index is 5.80. The largest absolute Gasteiger partial charge is 0.381 e. The van der Waals surface area contributed by atoms with Crippen LogP contribution >= 0.6 is 0 Å². The molecule has 0 bridgehead atoms. The van der Waals surface area contributed by atoms with Crippen molar-refractivity contribution in [3.05, 3.63) is 35.2 Å². The van der Waals surface area contributed by atoms with Crippen LogP contribution in [-0.4, -0.2) is 44.0 Å². The van der Waals surface area contributed by atoms with Gasteiger partial charge >= 0.3 is 0 Å². The Hall–Kier alpha value is -1.66. The van der Waals surface area contributed by atoms with Crippen LogP contribution in [0.5, 0.6) is 0 Å². The molecule has 25 heavy (non-hydrogen) atoms. The Morgan fingerprint density at radius 3 is 2.80 bits per heavy atom. The summed E-state index contributed by atoms with van der Waals surface area (Å²) in [5.74, 6) is 2.02. The topological polar surface area (TPSA) is 48.1 Å². The molecule has 0 saturated heterocycles. The van der Waals surface area contributed by atoms with Gasteiger partial charge in [0.15, 0.2) is 0 Å². The SMILES string of the molecule is Cc1c(CN2CCn3c(CCOCC4CC4)cnc3[C@@H]2C)cnn1C. The number of aromatic nitrogens is 4. The van der Waals surface area contributed by atoms with E-state index in [1.807, 2.05) is 24.1 Å². The summed E-state index contributed by atoms with van der Waals surface area (Å²) in [6.07, 6.45) is 7.71. The van der Waals surface area contributed by atoms with E-state index >= 15 is 0 Å². The summed E-state index contributed by atoms with van der Waals surface area (Å²) in [7, 11) is 2.00. The predicted molar refractivity (Wildman–Crippen MR) is 96.2 cm³/mol.